The van der Waals surface area contributed by atoms with E-state index < -0.39 is 5.97 Å². The molecule has 0 bridgehead atoms. The van der Waals surface area contributed by atoms with Crippen molar-refractivity contribution in [3.63, 3.8) is 0 Å². The number of carboxylic acids is 1. The molecule has 2 rings (SSSR count). The Balaban J connectivity index is 2.34. The molecule has 0 spiro atoms. The SMILES string of the molecule is CC(=O)Nc1cc(C(=O)O)ccc1Sc1ccc(F)cc1. The highest BCUT2D eigenvalue weighted by Crippen LogP contribution is 2.34. The Bertz CT molecular complexity index is 686. The van der Waals surface area contributed by atoms with Crippen LogP contribution in [-0.2, 0) is 4.79 Å². The van der Waals surface area contributed by atoms with Crippen molar-refractivity contribution in [3.05, 3.63) is 53.8 Å². The minimum Gasteiger partial charge on any atom is -0.478 e. The Morgan fingerprint density at radius 1 is 1.14 bits per heavy atom. The van der Waals surface area contributed by atoms with Crippen LogP contribution in [0, 0.1) is 5.82 Å². The summed E-state index contributed by atoms with van der Waals surface area (Å²) in [5, 5.41) is 11.6. The quantitative estimate of drug-likeness (QED) is 0.905. The van der Waals surface area contributed by atoms with Crippen LogP contribution in [0.2, 0.25) is 0 Å². The third-order valence-corrected chi connectivity index (χ3v) is 3.66. The number of amides is 1. The summed E-state index contributed by atoms with van der Waals surface area (Å²) in [5.74, 6) is -1.69. The molecule has 6 heteroatoms. The fourth-order valence-corrected chi connectivity index (χ4v) is 2.55. The van der Waals surface area contributed by atoms with E-state index in [4.69, 9.17) is 5.11 Å². The lowest BCUT2D eigenvalue weighted by atomic mass is 10.2. The van der Waals surface area contributed by atoms with Crippen molar-refractivity contribution in [2.24, 2.45) is 0 Å². The third kappa shape index (κ3) is 4.06. The molecule has 0 aromatic heterocycles. The van der Waals surface area contributed by atoms with E-state index in [1.807, 2.05) is 0 Å². The van der Waals surface area contributed by atoms with Crippen LogP contribution in [0.25, 0.3) is 0 Å². The molecular formula is C15H12FNO3S. The van der Waals surface area contributed by atoms with Crippen LogP contribution in [-0.4, -0.2) is 17.0 Å². The normalized spacial score (nSPS) is 10.2. The van der Waals surface area contributed by atoms with E-state index in [1.165, 1.54) is 43.0 Å². The maximum absolute atomic E-state index is 12.9. The van der Waals surface area contributed by atoms with Gasteiger partial charge < -0.3 is 10.4 Å². The van der Waals surface area contributed by atoms with E-state index >= 15 is 0 Å². The minimum absolute atomic E-state index is 0.0854. The molecule has 0 aliphatic carbocycles. The molecule has 21 heavy (non-hydrogen) atoms. The number of hydrogen-bond acceptors (Lipinski definition) is 3. The second-order valence-electron chi connectivity index (χ2n) is 4.25. The predicted octanol–water partition coefficient (Wildman–Crippen LogP) is 3.63. The van der Waals surface area contributed by atoms with Crippen molar-refractivity contribution < 1.29 is 19.1 Å². The van der Waals surface area contributed by atoms with Crippen molar-refractivity contribution >= 4 is 29.3 Å². The number of nitrogens with one attached hydrogen (secondary N) is 1. The van der Waals surface area contributed by atoms with Crippen LogP contribution < -0.4 is 5.32 Å². The Morgan fingerprint density at radius 3 is 2.38 bits per heavy atom. The van der Waals surface area contributed by atoms with Crippen molar-refractivity contribution in [2.75, 3.05) is 5.32 Å². The fourth-order valence-electron chi connectivity index (χ4n) is 1.67. The second kappa shape index (κ2) is 6.41. The zero-order valence-electron chi connectivity index (χ0n) is 11.1. The monoisotopic (exact) mass is 305 g/mol. The molecule has 0 aliphatic rings. The van der Waals surface area contributed by atoms with Gasteiger partial charge in [0.05, 0.1) is 11.3 Å². The van der Waals surface area contributed by atoms with Crippen LogP contribution in [0.3, 0.4) is 0 Å². The highest BCUT2D eigenvalue weighted by Gasteiger charge is 2.11. The number of carbonyl (C=O) groups excluding carboxylic acids is 1. The number of carboxylic acid groups (broad SMARTS) is 1. The first-order valence-electron chi connectivity index (χ1n) is 6.04. The van der Waals surface area contributed by atoms with E-state index in [0.717, 1.165) is 4.90 Å². The first kappa shape index (κ1) is 15.1. The molecule has 4 nitrogen and oxygen atoms in total. The molecule has 0 aliphatic heterocycles. The summed E-state index contributed by atoms with van der Waals surface area (Å²) in [6.07, 6.45) is 0. The molecule has 0 fully saturated rings. The van der Waals surface area contributed by atoms with Gasteiger partial charge >= 0.3 is 5.97 Å². The van der Waals surface area contributed by atoms with Gasteiger partial charge in [0.2, 0.25) is 5.91 Å². The summed E-state index contributed by atoms with van der Waals surface area (Å²) >= 11 is 1.31. The topological polar surface area (TPSA) is 66.4 Å². The highest BCUT2D eigenvalue weighted by atomic mass is 32.2. The number of hydrogen-bond donors (Lipinski definition) is 2. The van der Waals surface area contributed by atoms with Crippen molar-refractivity contribution in [1.29, 1.82) is 0 Å². The van der Waals surface area contributed by atoms with Gasteiger partial charge in [-0.3, -0.25) is 4.79 Å². The molecule has 1 amide bonds. The van der Waals surface area contributed by atoms with Crippen LogP contribution >= 0.6 is 11.8 Å². The molecule has 2 N–H and O–H groups in total. The molecule has 0 saturated heterocycles. The zero-order valence-corrected chi connectivity index (χ0v) is 11.9. The smallest absolute Gasteiger partial charge is 0.335 e. The lowest BCUT2D eigenvalue weighted by Crippen LogP contribution is -2.08. The van der Waals surface area contributed by atoms with E-state index in [9.17, 15) is 14.0 Å². The Morgan fingerprint density at radius 2 is 1.81 bits per heavy atom. The Hall–Kier alpha value is -2.34. The van der Waals surface area contributed by atoms with Crippen LogP contribution in [0.1, 0.15) is 17.3 Å². The molecule has 0 heterocycles. The lowest BCUT2D eigenvalue weighted by Gasteiger charge is -2.10. The van der Waals surface area contributed by atoms with Gasteiger partial charge in [0.1, 0.15) is 5.82 Å². The molecule has 2 aromatic rings. The Labute approximate surface area is 125 Å². The van der Waals surface area contributed by atoms with Crippen LogP contribution in [0.4, 0.5) is 10.1 Å². The lowest BCUT2D eigenvalue weighted by molar-refractivity contribution is -0.114. The highest BCUT2D eigenvalue weighted by molar-refractivity contribution is 7.99. The van der Waals surface area contributed by atoms with Gasteiger partial charge in [0.15, 0.2) is 0 Å². The summed E-state index contributed by atoms with van der Waals surface area (Å²) < 4.78 is 12.9. The summed E-state index contributed by atoms with van der Waals surface area (Å²) in [6, 6.07) is 10.4. The number of carbonyl (C=O) groups is 2. The van der Waals surface area contributed by atoms with Crippen LogP contribution in [0.15, 0.2) is 52.3 Å². The van der Waals surface area contributed by atoms with Gasteiger partial charge in [-0.25, -0.2) is 9.18 Å². The molecule has 2 aromatic carbocycles. The van der Waals surface area contributed by atoms with Crippen molar-refractivity contribution in [3.8, 4) is 0 Å². The number of aromatic carboxylic acids is 1. The summed E-state index contributed by atoms with van der Waals surface area (Å²) in [4.78, 5) is 23.7. The minimum atomic E-state index is -1.07. The van der Waals surface area contributed by atoms with Crippen molar-refractivity contribution in [1.82, 2.24) is 0 Å². The first-order chi connectivity index (χ1) is 9.95. The molecule has 0 radical (unpaired) electrons. The number of rotatable bonds is 4. The van der Waals surface area contributed by atoms with E-state index in [0.29, 0.717) is 10.6 Å². The first-order valence-corrected chi connectivity index (χ1v) is 6.85. The maximum atomic E-state index is 12.9. The third-order valence-electron chi connectivity index (χ3n) is 2.58. The fraction of sp³-hybridized carbons (Fsp3) is 0.0667. The van der Waals surface area contributed by atoms with E-state index in [1.54, 1.807) is 18.2 Å². The van der Waals surface area contributed by atoms with E-state index in [2.05, 4.69) is 5.32 Å². The van der Waals surface area contributed by atoms with Gasteiger partial charge in [-0.1, -0.05) is 11.8 Å². The van der Waals surface area contributed by atoms with Crippen LogP contribution in [0.5, 0.6) is 0 Å². The molecule has 0 saturated carbocycles. The summed E-state index contributed by atoms with van der Waals surface area (Å²) in [5.41, 5.74) is 0.499. The Kier molecular flexibility index (Phi) is 4.59. The zero-order chi connectivity index (χ0) is 15.4. The molecule has 0 atom stereocenters. The van der Waals surface area contributed by atoms with Gasteiger partial charge in [-0.05, 0) is 42.5 Å². The van der Waals surface area contributed by atoms with E-state index in [-0.39, 0.29) is 17.3 Å². The molecule has 0 unspecified atom stereocenters. The number of halogens is 1. The molecule has 108 valence electrons. The largest absolute Gasteiger partial charge is 0.478 e. The van der Waals surface area contributed by atoms with Crippen molar-refractivity contribution in [2.45, 2.75) is 16.7 Å². The second-order valence-corrected chi connectivity index (χ2v) is 5.37. The van der Waals surface area contributed by atoms with Gasteiger partial charge in [-0.15, -0.1) is 0 Å². The molecular weight excluding hydrogens is 293 g/mol. The van der Waals surface area contributed by atoms with Gasteiger partial charge in [-0.2, -0.15) is 0 Å². The average molecular weight is 305 g/mol. The average Bonchev–Trinajstić information content (AvgIpc) is 2.42. The summed E-state index contributed by atoms with van der Waals surface area (Å²) in [7, 11) is 0. The standard InChI is InChI=1S/C15H12FNO3S/c1-9(18)17-13-8-10(15(19)20)2-7-14(13)21-12-5-3-11(16)4-6-12/h2-8H,1H3,(H,17,18)(H,19,20). The number of anilines is 1. The van der Waals surface area contributed by atoms with Gasteiger partial charge in [0, 0.05) is 16.7 Å². The maximum Gasteiger partial charge on any atom is 0.335 e. The predicted molar refractivity (Wildman–Crippen MR) is 78.2 cm³/mol. The van der Waals surface area contributed by atoms with Gasteiger partial charge in [0.25, 0.3) is 0 Å². The summed E-state index contributed by atoms with van der Waals surface area (Å²) in [6.45, 7) is 1.35. The number of benzene rings is 2.